The van der Waals surface area contributed by atoms with E-state index in [4.69, 9.17) is 4.74 Å². The lowest BCUT2D eigenvalue weighted by atomic mass is 10.1. The van der Waals surface area contributed by atoms with E-state index < -0.39 is 0 Å². The molecule has 144 valence electrons. The topological polar surface area (TPSA) is 67.4 Å². The Bertz CT molecular complexity index is 978. The number of hydrogen-bond acceptors (Lipinski definition) is 6. The van der Waals surface area contributed by atoms with Gasteiger partial charge in [-0.3, -0.25) is 10.1 Å². The van der Waals surface area contributed by atoms with E-state index in [1.54, 1.807) is 18.3 Å². The predicted molar refractivity (Wildman–Crippen MR) is 112 cm³/mol. The fourth-order valence-electron chi connectivity index (χ4n) is 3.19. The molecular formula is C21H22N4O2S. The molecule has 0 bridgehead atoms. The van der Waals surface area contributed by atoms with Gasteiger partial charge >= 0.3 is 0 Å². The summed E-state index contributed by atoms with van der Waals surface area (Å²) in [6.45, 7) is 6.82. The number of thiazole rings is 1. The van der Waals surface area contributed by atoms with Crippen LogP contribution in [0.2, 0.25) is 0 Å². The summed E-state index contributed by atoms with van der Waals surface area (Å²) in [5, 5.41) is 3.54. The molecule has 1 N–H and O–H groups in total. The first kappa shape index (κ1) is 18.6. The van der Waals surface area contributed by atoms with Crippen LogP contribution in [-0.4, -0.2) is 42.2 Å². The van der Waals surface area contributed by atoms with E-state index in [2.05, 4.69) is 51.4 Å². The third-order valence-corrected chi connectivity index (χ3v) is 5.57. The summed E-state index contributed by atoms with van der Waals surface area (Å²) in [7, 11) is 0. The molecule has 28 heavy (non-hydrogen) atoms. The van der Waals surface area contributed by atoms with E-state index in [1.165, 1.54) is 16.9 Å². The smallest absolute Gasteiger partial charge is 0.261 e. The van der Waals surface area contributed by atoms with E-state index in [1.807, 2.05) is 6.92 Å². The number of aryl methyl sites for hydroxylation is 2. The van der Waals surface area contributed by atoms with Crippen LogP contribution in [0.15, 0.2) is 42.6 Å². The second-order valence-electron chi connectivity index (χ2n) is 6.72. The van der Waals surface area contributed by atoms with Gasteiger partial charge in [0, 0.05) is 29.7 Å². The van der Waals surface area contributed by atoms with Gasteiger partial charge < -0.3 is 9.64 Å². The Morgan fingerprint density at radius 3 is 2.64 bits per heavy atom. The molecule has 1 aliphatic rings. The molecule has 0 saturated carbocycles. The number of benzene rings is 1. The summed E-state index contributed by atoms with van der Waals surface area (Å²) < 4.78 is 5.40. The third-order valence-electron chi connectivity index (χ3n) is 4.68. The Balaban J connectivity index is 1.56. The van der Waals surface area contributed by atoms with Gasteiger partial charge in [-0.25, -0.2) is 9.97 Å². The van der Waals surface area contributed by atoms with Crippen LogP contribution in [0.3, 0.4) is 0 Å². The van der Waals surface area contributed by atoms with Crippen LogP contribution in [0, 0.1) is 13.8 Å². The largest absolute Gasteiger partial charge is 0.378 e. The molecule has 1 saturated heterocycles. The molecule has 1 amide bonds. The zero-order valence-corrected chi connectivity index (χ0v) is 16.8. The lowest BCUT2D eigenvalue weighted by Crippen LogP contribution is -2.38. The van der Waals surface area contributed by atoms with Crippen molar-refractivity contribution in [2.75, 3.05) is 36.5 Å². The number of anilines is 2. The number of amides is 1. The molecule has 0 spiro atoms. The van der Waals surface area contributed by atoms with Crippen molar-refractivity contribution in [1.82, 2.24) is 9.97 Å². The first-order chi connectivity index (χ1) is 13.6. The monoisotopic (exact) mass is 394 g/mol. The molecular weight excluding hydrogens is 372 g/mol. The van der Waals surface area contributed by atoms with Crippen LogP contribution >= 0.6 is 11.3 Å². The zero-order chi connectivity index (χ0) is 19.5. The van der Waals surface area contributed by atoms with Crippen molar-refractivity contribution in [3.05, 3.63) is 58.6 Å². The summed E-state index contributed by atoms with van der Waals surface area (Å²) in [6, 6.07) is 11.8. The number of carbonyl (C=O) groups is 1. The second kappa shape index (κ2) is 8.08. The molecule has 0 aliphatic carbocycles. The highest BCUT2D eigenvalue weighted by molar-refractivity contribution is 7.16. The van der Waals surface area contributed by atoms with Crippen molar-refractivity contribution in [2.45, 2.75) is 13.8 Å². The summed E-state index contributed by atoms with van der Waals surface area (Å²) >= 11 is 1.48. The van der Waals surface area contributed by atoms with Crippen LogP contribution in [-0.2, 0) is 4.74 Å². The van der Waals surface area contributed by atoms with Crippen LogP contribution in [0.5, 0.6) is 0 Å². The molecule has 4 rings (SSSR count). The fourth-order valence-corrected chi connectivity index (χ4v) is 4.03. The highest BCUT2D eigenvalue weighted by atomic mass is 32.1. The fraction of sp³-hybridized carbons (Fsp3) is 0.286. The molecule has 0 atom stereocenters. The Morgan fingerprint density at radius 2 is 1.89 bits per heavy atom. The molecule has 7 heteroatoms. The summed E-state index contributed by atoms with van der Waals surface area (Å²) in [6.07, 6.45) is 1.71. The highest BCUT2D eigenvalue weighted by Crippen LogP contribution is 2.31. The average molecular weight is 395 g/mol. The lowest BCUT2D eigenvalue weighted by molar-refractivity contribution is 0.102. The molecule has 1 aliphatic heterocycles. The van der Waals surface area contributed by atoms with Crippen molar-refractivity contribution >= 4 is 28.2 Å². The van der Waals surface area contributed by atoms with Gasteiger partial charge in [-0.1, -0.05) is 29.8 Å². The highest BCUT2D eigenvalue weighted by Gasteiger charge is 2.21. The Labute approximate surface area is 168 Å². The van der Waals surface area contributed by atoms with Gasteiger partial charge in [0.2, 0.25) is 0 Å². The SMILES string of the molecule is Cc1ccc(-c2nc(NC(=O)c3cccnc3N3CCOCC3)sc2C)cc1. The molecule has 3 aromatic rings. The molecule has 1 aromatic carbocycles. The van der Waals surface area contributed by atoms with Crippen molar-refractivity contribution in [3.63, 3.8) is 0 Å². The minimum atomic E-state index is -0.196. The first-order valence-electron chi connectivity index (χ1n) is 9.25. The number of carbonyl (C=O) groups excluding carboxylic acids is 1. The maximum absolute atomic E-state index is 12.9. The molecule has 3 heterocycles. The van der Waals surface area contributed by atoms with Crippen molar-refractivity contribution < 1.29 is 9.53 Å². The van der Waals surface area contributed by atoms with Crippen molar-refractivity contribution in [1.29, 1.82) is 0 Å². The standard InChI is InChI=1S/C21H22N4O2S/c1-14-5-7-16(8-6-14)18-15(2)28-21(23-18)24-20(26)17-4-3-9-22-19(17)25-10-12-27-13-11-25/h3-9H,10-13H2,1-2H3,(H,23,24,26). The number of rotatable bonds is 4. The van der Waals surface area contributed by atoms with Crippen molar-refractivity contribution in [3.8, 4) is 11.3 Å². The van der Waals surface area contributed by atoms with E-state index >= 15 is 0 Å². The Morgan fingerprint density at radius 1 is 1.14 bits per heavy atom. The second-order valence-corrected chi connectivity index (χ2v) is 7.92. The Hall–Kier alpha value is -2.77. The minimum absolute atomic E-state index is 0.196. The summed E-state index contributed by atoms with van der Waals surface area (Å²) in [4.78, 5) is 25.2. The number of pyridine rings is 1. The zero-order valence-electron chi connectivity index (χ0n) is 15.9. The third kappa shape index (κ3) is 3.90. The number of morpholine rings is 1. The van der Waals surface area contributed by atoms with Crippen molar-refractivity contribution in [2.24, 2.45) is 0 Å². The van der Waals surface area contributed by atoms with Gasteiger partial charge in [0.25, 0.3) is 5.91 Å². The van der Waals surface area contributed by atoms with Crippen LogP contribution in [0.4, 0.5) is 10.9 Å². The van der Waals surface area contributed by atoms with Crippen LogP contribution in [0.1, 0.15) is 20.8 Å². The van der Waals surface area contributed by atoms with Gasteiger partial charge in [-0.15, -0.1) is 11.3 Å². The molecule has 0 unspecified atom stereocenters. The van der Waals surface area contributed by atoms with Gasteiger partial charge in [0.15, 0.2) is 5.13 Å². The van der Waals surface area contributed by atoms with Gasteiger partial charge in [-0.05, 0) is 26.0 Å². The molecule has 0 radical (unpaired) electrons. The van der Waals surface area contributed by atoms with Gasteiger partial charge in [-0.2, -0.15) is 0 Å². The average Bonchev–Trinajstić information content (AvgIpc) is 3.09. The number of aromatic nitrogens is 2. The normalized spacial score (nSPS) is 14.1. The number of ether oxygens (including phenoxy) is 1. The lowest BCUT2D eigenvalue weighted by Gasteiger charge is -2.29. The van der Waals surface area contributed by atoms with Gasteiger partial charge in [0.05, 0.1) is 24.5 Å². The number of hydrogen-bond donors (Lipinski definition) is 1. The quantitative estimate of drug-likeness (QED) is 0.727. The van der Waals surface area contributed by atoms with E-state index in [0.29, 0.717) is 29.7 Å². The molecule has 2 aromatic heterocycles. The summed E-state index contributed by atoms with van der Waals surface area (Å²) in [5.74, 6) is 0.495. The van der Waals surface area contributed by atoms with E-state index in [0.717, 1.165) is 29.2 Å². The number of nitrogens with zero attached hydrogens (tertiary/aromatic N) is 3. The van der Waals surface area contributed by atoms with Crippen LogP contribution < -0.4 is 10.2 Å². The maximum Gasteiger partial charge on any atom is 0.261 e. The maximum atomic E-state index is 12.9. The van der Waals surface area contributed by atoms with E-state index in [-0.39, 0.29) is 5.91 Å². The first-order valence-corrected chi connectivity index (χ1v) is 10.1. The minimum Gasteiger partial charge on any atom is -0.378 e. The summed E-state index contributed by atoms with van der Waals surface area (Å²) in [5.41, 5.74) is 3.71. The molecule has 6 nitrogen and oxygen atoms in total. The predicted octanol–water partition coefficient (Wildman–Crippen LogP) is 3.91. The Kier molecular flexibility index (Phi) is 5.36. The van der Waals surface area contributed by atoms with Gasteiger partial charge in [0.1, 0.15) is 5.82 Å². The molecule has 1 fully saturated rings. The van der Waals surface area contributed by atoms with Crippen LogP contribution in [0.25, 0.3) is 11.3 Å². The van der Waals surface area contributed by atoms with E-state index in [9.17, 15) is 4.79 Å². The number of nitrogens with one attached hydrogen (secondary N) is 1.